The van der Waals surface area contributed by atoms with Crippen molar-refractivity contribution in [1.82, 2.24) is 4.98 Å². The van der Waals surface area contributed by atoms with Gasteiger partial charge in [-0.25, -0.2) is 4.98 Å². The molecule has 0 aliphatic rings. The summed E-state index contributed by atoms with van der Waals surface area (Å²) in [7, 11) is 0. The third-order valence-electron chi connectivity index (χ3n) is 2.19. The Labute approximate surface area is 99.8 Å². The number of halogens is 2. The van der Waals surface area contributed by atoms with Gasteiger partial charge in [-0.15, -0.1) is 0 Å². The van der Waals surface area contributed by atoms with Crippen molar-refractivity contribution in [2.75, 3.05) is 0 Å². The van der Waals surface area contributed by atoms with Crippen LogP contribution in [0.15, 0.2) is 27.3 Å². The lowest BCUT2D eigenvalue weighted by atomic mass is 10.1. The highest BCUT2D eigenvalue weighted by molar-refractivity contribution is 9.11. The number of nitrogens with zero attached hydrogens (tertiary/aromatic N) is 1. The molecule has 1 aromatic heterocycles. The van der Waals surface area contributed by atoms with Gasteiger partial charge in [0.05, 0.1) is 5.52 Å². The van der Waals surface area contributed by atoms with Crippen molar-refractivity contribution in [1.29, 1.82) is 0 Å². The molecule has 72 valence electrons. The van der Waals surface area contributed by atoms with Crippen LogP contribution < -0.4 is 0 Å². The summed E-state index contributed by atoms with van der Waals surface area (Å²) in [5, 5.41) is 1.21. The predicted octanol–water partition coefficient (Wildman–Crippen LogP) is 4.38. The molecule has 0 radical (unpaired) electrons. The van der Waals surface area contributed by atoms with E-state index < -0.39 is 0 Å². The van der Waals surface area contributed by atoms with Crippen LogP contribution in [0.2, 0.25) is 0 Å². The van der Waals surface area contributed by atoms with Crippen LogP contribution >= 0.6 is 31.9 Å². The number of hydrogen-bond acceptors (Lipinski definition) is 1. The van der Waals surface area contributed by atoms with E-state index in [-0.39, 0.29) is 0 Å². The minimum atomic E-state index is 0.882. The van der Waals surface area contributed by atoms with Gasteiger partial charge < -0.3 is 0 Å². The van der Waals surface area contributed by atoms with E-state index in [0.29, 0.717) is 0 Å². The molecule has 0 atom stereocenters. The van der Waals surface area contributed by atoms with E-state index in [9.17, 15) is 0 Å². The topological polar surface area (TPSA) is 12.9 Å². The van der Waals surface area contributed by atoms with E-state index in [2.05, 4.69) is 62.8 Å². The number of rotatable bonds is 0. The van der Waals surface area contributed by atoms with Gasteiger partial charge in [0.15, 0.2) is 0 Å². The summed E-state index contributed by atoms with van der Waals surface area (Å²) in [4.78, 5) is 4.45. The van der Waals surface area contributed by atoms with Gasteiger partial charge in [-0.05, 0) is 75.0 Å². The predicted molar refractivity (Wildman–Crippen MR) is 66.6 cm³/mol. The van der Waals surface area contributed by atoms with Gasteiger partial charge in [0.25, 0.3) is 0 Å². The van der Waals surface area contributed by atoms with E-state index in [4.69, 9.17) is 0 Å². The zero-order chi connectivity index (χ0) is 10.3. The van der Waals surface area contributed by atoms with Crippen LogP contribution in [0.25, 0.3) is 10.9 Å². The summed E-state index contributed by atoms with van der Waals surface area (Å²) in [5.41, 5.74) is 3.50. The first-order valence-electron chi connectivity index (χ1n) is 4.31. The Kier molecular flexibility index (Phi) is 2.62. The first-order valence-corrected chi connectivity index (χ1v) is 5.89. The van der Waals surface area contributed by atoms with Crippen molar-refractivity contribution in [2.24, 2.45) is 0 Å². The second-order valence-corrected chi connectivity index (χ2v) is 5.07. The summed E-state index contributed by atoms with van der Waals surface area (Å²) in [6.45, 7) is 4.19. The fourth-order valence-corrected chi connectivity index (χ4v) is 2.73. The number of aromatic nitrogens is 1. The molecular weight excluding hydrogens is 306 g/mol. The molecule has 14 heavy (non-hydrogen) atoms. The second-order valence-electron chi connectivity index (χ2n) is 3.40. The summed E-state index contributed by atoms with van der Waals surface area (Å²) in [6, 6.07) is 6.28. The second kappa shape index (κ2) is 3.63. The van der Waals surface area contributed by atoms with Gasteiger partial charge in [0, 0.05) is 9.86 Å². The lowest BCUT2D eigenvalue weighted by Crippen LogP contribution is -1.87. The Morgan fingerprint density at radius 3 is 2.50 bits per heavy atom. The van der Waals surface area contributed by atoms with Gasteiger partial charge in [0.2, 0.25) is 0 Å². The first kappa shape index (κ1) is 10.1. The van der Waals surface area contributed by atoms with Crippen molar-refractivity contribution in [3.8, 4) is 0 Å². The average Bonchev–Trinajstić information content (AvgIpc) is 2.07. The number of fused-ring (bicyclic) bond motifs is 1. The van der Waals surface area contributed by atoms with Gasteiger partial charge in [-0.2, -0.15) is 0 Å². The molecule has 2 aromatic rings. The van der Waals surface area contributed by atoms with E-state index in [0.717, 1.165) is 14.6 Å². The molecule has 3 heteroatoms. The molecule has 0 unspecified atom stereocenters. The standard InChI is InChI=1S/C11H9Br2N/c1-6-3-8-7(2)5-10(13)14-11(8)9(12)4-6/h3-5H,1-2H3. The molecule has 0 aliphatic heterocycles. The van der Waals surface area contributed by atoms with Gasteiger partial charge in [0.1, 0.15) is 4.60 Å². The highest BCUT2D eigenvalue weighted by Crippen LogP contribution is 2.28. The van der Waals surface area contributed by atoms with Crippen LogP contribution in [0.3, 0.4) is 0 Å². The Morgan fingerprint density at radius 1 is 1.07 bits per heavy atom. The maximum Gasteiger partial charge on any atom is 0.107 e. The fraction of sp³-hybridized carbons (Fsp3) is 0.182. The van der Waals surface area contributed by atoms with Crippen LogP contribution in [0.4, 0.5) is 0 Å². The highest BCUT2D eigenvalue weighted by Gasteiger charge is 2.05. The van der Waals surface area contributed by atoms with Crippen molar-refractivity contribution >= 4 is 42.8 Å². The number of hydrogen-bond donors (Lipinski definition) is 0. The monoisotopic (exact) mass is 313 g/mol. The minimum absolute atomic E-state index is 0.882. The highest BCUT2D eigenvalue weighted by atomic mass is 79.9. The van der Waals surface area contributed by atoms with Crippen LogP contribution in [-0.4, -0.2) is 4.98 Å². The Morgan fingerprint density at radius 2 is 1.79 bits per heavy atom. The fourth-order valence-electron chi connectivity index (χ4n) is 1.54. The smallest absolute Gasteiger partial charge is 0.107 e. The molecule has 0 spiro atoms. The largest absolute Gasteiger partial charge is 0.240 e. The number of benzene rings is 1. The maximum atomic E-state index is 4.45. The lowest BCUT2D eigenvalue weighted by molar-refractivity contribution is 1.30. The molecule has 0 saturated carbocycles. The summed E-state index contributed by atoms with van der Waals surface area (Å²) in [6.07, 6.45) is 0. The average molecular weight is 315 g/mol. The third-order valence-corrected chi connectivity index (χ3v) is 3.20. The van der Waals surface area contributed by atoms with Gasteiger partial charge in [-0.1, -0.05) is 0 Å². The number of aryl methyl sites for hydroxylation is 2. The normalized spacial score (nSPS) is 10.9. The van der Waals surface area contributed by atoms with E-state index in [1.807, 2.05) is 6.07 Å². The van der Waals surface area contributed by atoms with E-state index in [1.165, 1.54) is 16.5 Å². The first-order chi connectivity index (χ1) is 6.58. The number of pyridine rings is 1. The zero-order valence-corrected chi connectivity index (χ0v) is 11.1. The summed E-state index contributed by atoms with van der Waals surface area (Å²) < 4.78 is 1.93. The molecule has 0 fully saturated rings. The van der Waals surface area contributed by atoms with Gasteiger partial charge in [-0.3, -0.25) is 0 Å². The zero-order valence-electron chi connectivity index (χ0n) is 7.94. The van der Waals surface area contributed by atoms with Crippen LogP contribution in [0.5, 0.6) is 0 Å². The summed E-state index contributed by atoms with van der Waals surface area (Å²) in [5.74, 6) is 0. The molecule has 0 aliphatic carbocycles. The van der Waals surface area contributed by atoms with Gasteiger partial charge >= 0.3 is 0 Å². The molecule has 2 rings (SSSR count). The third kappa shape index (κ3) is 1.71. The molecule has 0 bridgehead atoms. The SMILES string of the molecule is Cc1cc(Br)c2nc(Br)cc(C)c2c1. The molecular formula is C11H9Br2N. The molecule has 1 aromatic carbocycles. The molecule has 0 saturated heterocycles. The van der Waals surface area contributed by atoms with Crippen LogP contribution in [0.1, 0.15) is 11.1 Å². The molecule has 0 N–H and O–H groups in total. The van der Waals surface area contributed by atoms with Crippen molar-refractivity contribution in [3.63, 3.8) is 0 Å². The maximum absolute atomic E-state index is 4.45. The van der Waals surface area contributed by atoms with E-state index in [1.54, 1.807) is 0 Å². The van der Waals surface area contributed by atoms with E-state index >= 15 is 0 Å². The summed E-state index contributed by atoms with van der Waals surface area (Å²) >= 11 is 6.94. The Hall–Kier alpha value is -0.410. The van der Waals surface area contributed by atoms with Crippen LogP contribution in [0, 0.1) is 13.8 Å². The Balaban J connectivity index is 2.94. The minimum Gasteiger partial charge on any atom is -0.240 e. The molecule has 1 heterocycles. The van der Waals surface area contributed by atoms with Crippen LogP contribution in [-0.2, 0) is 0 Å². The van der Waals surface area contributed by atoms with Crippen molar-refractivity contribution < 1.29 is 0 Å². The molecule has 0 amide bonds. The van der Waals surface area contributed by atoms with Crippen molar-refractivity contribution in [3.05, 3.63) is 38.4 Å². The quantitative estimate of drug-likeness (QED) is 0.658. The Bertz CT molecular complexity index is 459. The lowest BCUT2D eigenvalue weighted by Gasteiger charge is -2.05. The molecule has 1 nitrogen and oxygen atoms in total. The van der Waals surface area contributed by atoms with Crippen molar-refractivity contribution in [2.45, 2.75) is 13.8 Å².